The maximum absolute atomic E-state index is 11.2. The van der Waals surface area contributed by atoms with Crippen LogP contribution in [0.5, 0.6) is 11.5 Å². The summed E-state index contributed by atoms with van der Waals surface area (Å²) in [6.45, 7) is 6.45. The quantitative estimate of drug-likeness (QED) is 0.396. The van der Waals surface area contributed by atoms with E-state index in [1.165, 1.54) is 7.11 Å². The number of methoxy groups -OCH3 is 1. The van der Waals surface area contributed by atoms with Crippen LogP contribution in [-0.2, 0) is 17.7 Å². The summed E-state index contributed by atoms with van der Waals surface area (Å²) in [7, 11) is 3.07. The van der Waals surface area contributed by atoms with Gasteiger partial charge in [-0.1, -0.05) is 18.2 Å². The summed E-state index contributed by atoms with van der Waals surface area (Å²) >= 11 is 0. The molecule has 0 spiro atoms. The molecule has 0 aliphatic carbocycles. The highest BCUT2D eigenvalue weighted by molar-refractivity contribution is 5.84. The number of carbonyl (C=O) groups is 1. The van der Waals surface area contributed by atoms with E-state index in [-0.39, 0.29) is 0 Å². The number of ether oxygens (including phenoxy) is 3. The van der Waals surface area contributed by atoms with E-state index in [9.17, 15) is 4.79 Å². The van der Waals surface area contributed by atoms with Gasteiger partial charge >= 0.3 is 6.09 Å². The molecule has 8 heteroatoms. The van der Waals surface area contributed by atoms with Crippen LogP contribution in [0.15, 0.2) is 47.5 Å². The minimum atomic E-state index is -0.489. The molecule has 168 valence electrons. The third-order valence-electron chi connectivity index (χ3n) is 4.38. The third-order valence-corrected chi connectivity index (χ3v) is 4.38. The molecule has 2 rings (SSSR count). The number of rotatable bonds is 10. The van der Waals surface area contributed by atoms with Gasteiger partial charge in [-0.3, -0.25) is 10.3 Å². The van der Waals surface area contributed by atoms with E-state index < -0.39 is 6.09 Å². The van der Waals surface area contributed by atoms with E-state index in [0.29, 0.717) is 31.4 Å². The van der Waals surface area contributed by atoms with Crippen LogP contribution < -0.4 is 25.4 Å². The van der Waals surface area contributed by atoms with Gasteiger partial charge in [0.2, 0.25) is 0 Å². The van der Waals surface area contributed by atoms with Gasteiger partial charge < -0.3 is 24.8 Å². The molecule has 0 aliphatic rings. The molecule has 0 heterocycles. The second-order valence-electron chi connectivity index (χ2n) is 6.56. The lowest BCUT2D eigenvalue weighted by Gasteiger charge is -2.14. The number of benzene rings is 2. The van der Waals surface area contributed by atoms with Crippen LogP contribution in [0.3, 0.4) is 0 Å². The topological polar surface area (TPSA) is 93.2 Å². The zero-order chi connectivity index (χ0) is 22.5. The van der Waals surface area contributed by atoms with Crippen molar-refractivity contribution in [3.8, 4) is 11.5 Å². The summed E-state index contributed by atoms with van der Waals surface area (Å²) in [6, 6.07) is 13.5. The standard InChI is InChI=1S/C23H32N4O4/c1-5-30-20-12-9-17(15-21(20)31-6-2)13-14-25-22(24-3)26-16-18-7-10-19(11-8-18)27-23(28)29-4/h7-12,15H,5-6,13-14,16H2,1-4H3,(H,27,28)(H2,24,25,26). The van der Waals surface area contributed by atoms with Gasteiger partial charge in [-0.2, -0.15) is 0 Å². The second-order valence-corrected chi connectivity index (χ2v) is 6.56. The lowest BCUT2D eigenvalue weighted by atomic mass is 10.1. The first kappa shape index (κ1) is 23.9. The monoisotopic (exact) mass is 428 g/mol. The van der Waals surface area contributed by atoms with Crippen molar-refractivity contribution in [3.05, 3.63) is 53.6 Å². The van der Waals surface area contributed by atoms with Crippen molar-refractivity contribution in [2.24, 2.45) is 4.99 Å². The Morgan fingerprint density at radius 1 is 0.935 bits per heavy atom. The van der Waals surface area contributed by atoms with Gasteiger partial charge in [0.15, 0.2) is 17.5 Å². The maximum atomic E-state index is 11.2. The summed E-state index contributed by atoms with van der Waals surface area (Å²) in [5, 5.41) is 9.23. The number of guanidine groups is 1. The van der Waals surface area contributed by atoms with Gasteiger partial charge in [-0.05, 0) is 55.7 Å². The minimum Gasteiger partial charge on any atom is -0.490 e. The van der Waals surface area contributed by atoms with Gasteiger partial charge in [-0.25, -0.2) is 4.79 Å². The molecule has 0 aromatic heterocycles. The average Bonchev–Trinajstić information content (AvgIpc) is 2.79. The van der Waals surface area contributed by atoms with Gasteiger partial charge in [0.1, 0.15) is 0 Å². The number of hydrogen-bond donors (Lipinski definition) is 3. The van der Waals surface area contributed by atoms with Gasteiger partial charge in [-0.15, -0.1) is 0 Å². The lowest BCUT2D eigenvalue weighted by molar-refractivity contribution is 0.187. The lowest BCUT2D eigenvalue weighted by Crippen LogP contribution is -2.37. The number of hydrogen-bond acceptors (Lipinski definition) is 5. The van der Waals surface area contributed by atoms with Crippen molar-refractivity contribution in [1.82, 2.24) is 10.6 Å². The molecule has 2 aromatic carbocycles. The van der Waals surface area contributed by atoms with Crippen LogP contribution >= 0.6 is 0 Å². The molecule has 3 N–H and O–H groups in total. The number of amides is 1. The van der Waals surface area contributed by atoms with E-state index in [0.717, 1.165) is 35.6 Å². The summed E-state index contributed by atoms with van der Waals surface area (Å²) < 4.78 is 15.9. The number of nitrogens with one attached hydrogen (secondary N) is 3. The number of nitrogens with zero attached hydrogens (tertiary/aromatic N) is 1. The SMILES string of the molecule is CCOc1ccc(CCNC(=NC)NCc2ccc(NC(=O)OC)cc2)cc1OCC. The second kappa shape index (κ2) is 13.0. The molecular weight excluding hydrogens is 396 g/mol. The first-order chi connectivity index (χ1) is 15.1. The first-order valence-electron chi connectivity index (χ1n) is 10.4. The van der Waals surface area contributed by atoms with Crippen LogP contribution in [0.4, 0.5) is 10.5 Å². The summed E-state index contributed by atoms with van der Waals surface area (Å²) in [6.07, 6.45) is 0.331. The zero-order valence-electron chi connectivity index (χ0n) is 18.7. The van der Waals surface area contributed by atoms with E-state index in [1.807, 2.05) is 50.2 Å². The highest BCUT2D eigenvalue weighted by Gasteiger charge is 2.07. The fraction of sp³-hybridized carbons (Fsp3) is 0.391. The highest BCUT2D eigenvalue weighted by atomic mass is 16.5. The first-order valence-corrected chi connectivity index (χ1v) is 10.4. The normalized spacial score (nSPS) is 10.9. The molecule has 2 aromatic rings. The number of anilines is 1. The van der Waals surface area contributed by atoms with Crippen molar-refractivity contribution in [2.45, 2.75) is 26.8 Å². The van der Waals surface area contributed by atoms with Crippen LogP contribution in [-0.4, -0.2) is 46.0 Å². The van der Waals surface area contributed by atoms with Gasteiger partial charge in [0.25, 0.3) is 0 Å². The van der Waals surface area contributed by atoms with Gasteiger partial charge in [0, 0.05) is 25.8 Å². The molecule has 8 nitrogen and oxygen atoms in total. The molecule has 0 radical (unpaired) electrons. The summed E-state index contributed by atoms with van der Waals surface area (Å²) in [5.74, 6) is 2.26. The number of aliphatic imine (C=N–C) groups is 1. The van der Waals surface area contributed by atoms with Crippen molar-refractivity contribution >= 4 is 17.7 Å². The van der Waals surface area contributed by atoms with Crippen molar-refractivity contribution in [1.29, 1.82) is 0 Å². The Morgan fingerprint density at radius 2 is 1.61 bits per heavy atom. The van der Waals surface area contributed by atoms with E-state index in [4.69, 9.17) is 9.47 Å². The highest BCUT2D eigenvalue weighted by Crippen LogP contribution is 2.28. The zero-order valence-corrected chi connectivity index (χ0v) is 18.7. The largest absolute Gasteiger partial charge is 0.490 e. The van der Waals surface area contributed by atoms with Crippen LogP contribution in [0.1, 0.15) is 25.0 Å². The van der Waals surface area contributed by atoms with E-state index >= 15 is 0 Å². The number of carbonyl (C=O) groups excluding carboxylic acids is 1. The molecule has 0 aliphatic heterocycles. The van der Waals surface area contributed by atoms with Crippen molar-refractivity contribution < 1.29 is 19.0 Å². The van der Waals surface area contributed by atoms with Crippen LogP contribution in [0.25, 0.3) is 0 Å². The minimum absolute atomic E-state index is 0.489. The summed E-state index contributed by atoms with van der Waals surface area (Å²) in [4.78, 5) is 15.5. The fourth-order valence-electron chi connectivity index (χ4n) is 2.86. The Bertz CT molecular complexity index is 853. The fourth-order valence-corrected chi connectivity index (χ4v) is 2.86. The van der Waals surface area contributed by atoms with Crippen molar-refractivity contribution in [3.63, 3.8) is 0 Å². The van der Waals surface area contributed by atoms with Crippen LogP contribution in [0, 0.1) is 0 Å². The summed E-state index contributed by atoms with van der Waals surface area (Å²) in [5.41, 5.74) is 2.90. The van der Waals surface area contributed by atoms with E-state index in [1.54, 1.807) is 7.05 Å². The van der Waals surface area contributed by atoms with Crippen LogP contribution in [0.2, 0.25) is 0 Å². The molecule has 0 fully saturated rings. The predicted octanol–water partition coefficient (Wildman–Crippen LogP) is 3.57. The maximum Gasteiger partial charge on any atom is 0.411 e. The Balaban J connectivity index is 1.82. The molecule has 0 atom stereocenters. The third kappa shape index (κ3) is 8.08. The predicted molar refractivity (Wildman–Crippen MR) is 123 cm³/mol. The Hall–Kier alpha value is -3.42. The van der Waals surface area contributed by atoms with Crippen molar-refractivity contribution in [2.75, 3.05) is 39.2 Å². The molecular formula is C23H32N4O4. The van der Waals surface area contributed by atoms with E-state index in [2.05, 4.69) is 31.7 Å². The Labute approximate surface area is 184 Å². The molecule has 0 bridgehead atoms. The average molecular weight is 429 g/mol. The molecule has 0 saturated heterocycles. The molecule has 0 unspecified atom stereocenters. The smallest absolute Gasteiger partial charge is 0.411 e. The molecule has 0 saturated carbocycles. The van der Waals surface area contributed by atoms with Gasteiger partial charge in [0.05, 0.1) is 20.3 Å². The Morgan fingerprint density at radius 3 is 2.26 bits per heavy atom. The Kier molecular flexibility index (Phi) is 10.0. The molecule has 31 heavy (non-hydrogen) atoms. The molecule has 1 amide bonds.